The van der Waals surface area contributed by atoms with Crippen LogP contribution in [0.3, 0.4) is 0 Å². The number of hydrogen-bond donors (Lipinski definition) is 0. The van der Waals surface area contributed by atoms with Gasteiger partial charge in [0.05, 0.1) is 11.4 Å². The van der Waals surface area contributed by atoms with Gasteiger partial charge < -0.3 is 0 Å². The molecule has 0 spiro atoms. The fourth-order valence-corrected chi connectivity index (χ4v) is 7.35. The topological polar surface area (TPSA) is 25.8 Å². The molecule has 0 bridgehead atoms. The Kier molecular flexibility index (Phi) is 5.25. The van der Waals surface area contributed by atoms with Crippen molar-refractivity contribution < 1.29 is 0 Å². The van der Waals surface area contributed by atoms with Crippen molar-refractivity contribution in [3.8, 4) is 33.6 Å². The van der Waals surface area contributed by atoms with E-state index in [-0.39, 0.29) is 10.8 Å². The number of allylic oxidation sites excluding steroid dienone is 2. The van der Waals surface area contributed by atoms with Gasteiger partial charge in [0.1, 0.15) is 0 Å². The maximum Gasteiger partial charge on any atom is 0.0702 e. The van der Waals surface area contributed by atoms with Crippen molar-refractivity contribution in [3.05, 3.63) is 144 Å². The Hall–Kier alpha value is -4.82. The van der Waals surface area contributed by atoms with Crippen LogP contribution in [0.4, 0.5) is 0 Å². The number of fused-ring (bicyclic) bond motifs is 5. The largest absolute Gasteiger partial charge is 0.256 e. The van der Waals surface area contributed by atoms with Gasteiger partial charge in [-0.15, -0.1) is 0 Å². The van der Waals surface area contributed by atoms with Gasteiger partial charge in [-0.25, -0.2) is 0 Å². The molecule has 0 saturated heterocycles. The Morgan fingerprint density at radius 3 is 1.62 bits per heavy atom. The zero-order valence-corrected chi connectivity index (χ0v) is 24.4. The lowest BCUT2D eigenvalue weighted by atomic mass is 9.75. The van der Waals surface area contributed by atoms with E-state index in [1.54, 1.807) is 0 Å². The molecule has 2 aliphatic carbocycles. The van der Waals surface area contributed by atoms with Gasteiger partial charge in [-0.05, 0) is 86.1 Å². The van der Waals surface area contributed by atoms with Crippen LogP contribution in [0.15, 0.2) is 122 Å². The lowest BCUT2D eigenvalue weighted by molar-refractivity contribution is 0.694. The molecule has 2 aliphatic rings. The molecule has 2 heteroatoms. The van der Waals surface area contributed by atoms with Crippen LogP contribution >= 0.6 is 0 Å². The Bertz CT molecular complexity index is 2060. The van der Waals surface area contributed by atoms with E-state index in [1.165, 1.54) is 55.3 Å². The highest BCUT2D eigenvalue weighted by Crippen LogP contribution is 2.63. The van der Waals surface area contributed by atoms with Crippen LogP contribution in [-0.2, 0) is 10.8 Å². The normalized spacial score (nSPS) is 15.9. The monoisotopic (exact) mass is 540 g/mol. The number of pyridine rings is 2. The molecule has 202 valence electrons. The van der Waals surface area contributed by atoms with Gasteiger partial charge in [-0.2, -0.15) is 0 Å². The zero-order valence-electron chi connectivity index (χ0n) is 24.4. The van der Waals surface area contributed by atoms with Crippen molar-refractivity contribution in [2.45, 2.75) is 38.5 Å². The molecule has 0 atom stereocenters. The van der Waals surface area contributed by atoms with E-state index in [4.69, 9.17) is 4.98 Å². The van der Waals surface area contributed by atoms with E-state index < -0.39 is 0 Å². The molecule has 0 N–H and O–H groups in total. The minimum absolute atomic E-state index is 0.0980. The third-order valence-corrected chi connectivity index (χ3v) is 9.53. The van der Waals surface area contributed by atoms with E-state index in [9.17, 15) is 0 Å². The van der Waals surface area contributed by atoms with E-state index in [1.807, 2.05) is 18.5 Å². The van der Waals surface area contributed by atoms with Gasteiger partial charge in [0, 0.05) is 39.9 Å². The Morgan fingerprint density at radius 1 is 0.452 bits per heavy atom. The average molecular weight is 541 g/mol. The summed E-state index contributed by atoms with van der Waals surface area (Å²) in [6.07, 6.45) is 3.88. The molecule has 2 heterocycles. The number of nitrogens with zero attached hydrogens (tertiary/aromatic N) is 2. The third-order valence-electron chi connectivity index (χ3n) is 9.53. The molecule has 0 radical (unpaired) electrons. The van der Waals surface area contributed by atoms with E-state index in [0.29, 0.717) is 0 Å². The molecule has 6 aromatic rings. The molecule has 2 aromatic heterocycles. The van der Waals surface area contributed by atoms with Crippen LogP contribution in [0.5, 0.6) is 0 Å². The summed E-state index contributed by atoms with van der Waals surface area (Å²) in [5, 5.41) is 2.50. The Balaban J connectivity index is 1.15. The first-order chi connectivity index (χ1) is 20.3. The zero-order chi connectivity index (χ0) is 28.6. The molecular formula is C40H32N2. The van der Waals surface area contributed by atoms with Gasteiger partial charge in [-0.1, -0.05) is 100 Å². The van der Waals surface area contributed by atoms with Crippen LogP contribution in [-0.4, -0.2) is 9.97 Å². The number of hydrogen-bond acceptors (Lipinski definition) is 2. The lowest BCUT2D eigenvalue weighted by Gasteiger charge is -2.28. The summed E-state index contributed by atoms with van der Waals surface area (Å²) in [5.41, 5.74) is 14.9. The summed E-state index contributed by atoms with van der Waals surface area (Å²) in [7, 11) is 0. The molecule has 42 heavy (non-hydrogen) atoms. The molecule has 0 amide bonds. The maximum atomic E-state index is 4.93. The van der Waals surface area contributed by atoms with Crippen molar-refractivity contribution in [1.82, 2.24) is 9.97 Å². The SMILES string of the molecule is CC1(C)C2=C(c3ccc(-c4ccccn4)cc31)C(C)(C)c1cc(-c3ccc(-c4ccc5ccccc5c4)cn3)ccc12. The second kappa shape index (κ2) is 8.84. The summed E-state index contributed by atoms with van der Waals surface area (Å²) >= 11 is 0. The molecule has 4 aromatic carbocycles. The summed E-state index contributed by atoms with van der Waals surface area (Å²) in [6, 6.07) is 39.5. The minimum atomic E-state index is -0.110. The molecule has 8 rings (SSSR count). The lowest BCUT2D eigenvalue weighted by Crippen LogP contribution is -2.19. The average Bonchev–Trinajstić information content (AvgIpc) is 3.42. The van der Waals surface area contributed by atoms with Gasteiger partial charge >= 0.3 is 0 Å². The first kappa shape index (κ1) is 24.9. The molecule has 0 unspecified atom stereocenters. The van der Waals surface area contributed by atoms with Crippen molar-refractivity contribution in [2.75, 3.05) is 0 Å². The minimum Gasteiger partial charge on any atom is -0.256 e. The number of aromatic nitrogens is 2. The first-order valence-electron chi connectivity index (χ1n) is 14.7. The molecule has 0 aliphatic heterocycles. The Morgan fingerprint density at radius 2 is 1.02 bits per heavy atom. The van der Waals surface area contributed by atoms with Crippen molar-refractivity contribution in [1.29, 1.82) is 0 Å². The Labute approximate surface area is 247 Å². The fourth-order valence-electron chi connectivity index (χ4n) is 7.35. The summed E-state index contributed by atoms with van der Waals surface area (Å²) < 4.78 is 0. The number of rotatable bonds is 3. The van der Waals surface area contributed by atoms with Crippen LogP contribution in [0.2, 0.25) is 0 Å². The van der Waals surface area contributed by atoms with Gasteiger partial charge in [-0.3, -0.25) is 9.97 Å². The molecular weight excluding hydrogens is 508 g/mol. The highest BCUT2D eigenvalue weighted by Gasteiger charge is 2.49. The van der Waals surface area contributed by atoms with Crippen molar-refractivity contribution >= 4 is 21.9 Å². The van der Waals surface area contributed by atoms with Crippen LogP contribution < -0.4 is 0 Å². The van der Waals surface area contributed by atoms with Gasteiger partial charge in [0.15, 0.2) is 0 Å². The maximum absolute atomic E-state index is 4.93. The number of benzene rings is 4. The smallest absolute Gasteiger partial charge is 0.0702 e. The highest BCUT2D eigenvalue weighted by molar-refractivity contribution is 6.10. The predicted molar refractivity (Wildman–Crippen MR) is 175 cm³/mol. The molecule has 2 nitrogen and oxygen atoms in total. The van der Waals surface area contributed by atoms with Crippen LogP contribution in [0, 0.1) is 0 Å². The molecule has 0 fully saturated rings. The van der Waals surface area contributed by atoms with Crippen LogP contribution in [0.1, 0.15) is 49.9 Å². The fraction of sp³-hybridized carbons (Fsp3) is 0.150. The first-order valence-corrected chi connectivity index (χ1v) is 14.7. The molecule has 0 saturated carbocycles. The third kappa shape index (κ3) is 3.58. The van der Waals surface area contributed by atoms with E-state index in [2.05, 4.69) is 136 Å². The predicted octanol–water partition coefficient (Wildman–Crippen LogP) is 10.1. The second-order valence-electron chi connectivity index (χ2n) is 12.7. The quantitative estimate of drug-likeness (QED) is 0.223. The van der Waals surface area contributed by atoms with Crippen molar-refractivity contribution in [3.63, 3.8) is 0 Å². The van der Waals surface area contributed by atoms with Crippen molar-refractivity contribution in [2.24, 2.45) is 0 Å². The second-order valence-corrected chi connectivity index (χ2v) is 12.7. The van der Waals surface area contributed by atoms with Gasteiger partial charge in [0.25, 0.3) is 0 Å². The standard InChI is InChI=1S/C40H32N2/c1-39(2)33-22-28(35-11-7-8-20-41-35)14-17-31(33)37-38(39)32-18-15-29(23-34(32)40(37,3)4)36-19-16-30(24-42-36)27-13-12-25-9-5-6-10-26(25)21-27/h5-24H,1-4H3. The van der Waals surface area contributed by atoms with Gasteiger partial charge in [0.2, 0.25) is 0 Å². The summed E-state index contributed by atoms with van der Waals surface area (Å²) in [4.78, 5) is 9.55. The van der Waals surface area contributed by atoms with E-state index >= 15 is 0 Å². The summed E-state index contributed by atoms with van der Waals surface area (Å²) in [5.74, 6) is 0. The summed E-state index contributed by atoms with van der Waals surface area (Å²) in [6.45, 7) is 9.52. The van der Waals surface area contributed by atoms with E-state index in [0.717, 1.165) is 22.5 Å². The highest BCUT2D eigenvalue weighted by atomic mass is 14.7. The van der Waals surface area contributed by atoms with Crippen LogP contribution in [0.25, 0.3) is 55.6 Å².